The summed E-state index contributed by atoms with van der Waals surface area (Å²) in [6.07, 6.45) is 3.22. The molecule has 0 aromatic carbocycles. The fraction of sp³-hybridized carbons (Fsp3) is 0.429. The number of H-pyrrole nitrogens is 1. The van der Waals surface area contributed by atoms with E-state index in [-0.39, 0.29) is 40.2 Å². The van der Waals surface area contributed by atoms with Crippen LogP contribution in [0.5, 0.6) is 0 Å². The minimum atomic E-state index is -1.25. The van der Waals surface area contributed by atoms with Crippen LogP contribution >= 0.6 is 0 Å². The molecule has 1 atom stereocenters. The van der Waals surface area contributed by atoms with Crippen molar-refractivity contribution >= 4 is 28.8 Å². The number of imidazole rings is 1. The van der Waals surface area contributed by atoms with Crippen molar-refractivity contribution < 1.29 is 64.5 Å². The third-order valence-electron chi connectivity index (χ3n) is 2.94. The molecule has 0 saturated heterocycles. The summed E-state index contributed by atoms with van der Waals surface area (Å²) in [6.45, 7) is 6.15. The van der Waals surface area contributed by atoms with E-state index >= 15 is 0 Å². The Hall–Kier alpha value is -2.49. The van der Waals surface area contributed by atoms with Crippen LogP contribution in [-0.4, -0.2) is 65.7 Å². The minimum Gasteiger partial charge on any atom is -1.00 e. The molecule has 167 valence electrons. The predicted octanol–water partition coefficient (Wildman–Crippen LogP) is -3.60. The van der Waals surface area contributed by atoms with Crippen molar-refractivity contribution in [3.63, 3.8) is 0 Å². The van der Waals surface area contributed by atoms with Gasteiger partial charge in [0.2, 0.25) is 0 Å². The van der Waals surface area contributed by atoms with E-state index in [1.807, 2.05) is 0 Å². The topological polar surface area (TPSA) is 225 Å². The average Bonchev–Trinajstić information content (AvgIpc) is 3.19. The van der Waals surface area contributed by atoms with Crippen molar-refractivity contribution in [2.24, 2.45) is 26.4 Å². The average molecular weight is 525 g/mol. The summed E-state index contributed by atoms with van der Waals surface area (Å²) >= 11 is 0. The summed E-state index contributed by atoms with van der Waals surface area (Å²) in [5, 5.41) is 53.4. The Balaban J connectivity index is -0.000000160. The van der Waals surface area contributed by atoms with Gasteiger partial charge in [-0.2, -0.15) is 0 Å². The van der Waals surface area contributed by atoms with Gasteiger partial charge in [0.15, 0.2) is 0 Å². The summed E-state index contributed by atoms with van der Waals surface area (Å²) in [6, 6.07) is -0.963. The maximum Gasteiger partial charge on any atom is 2.00 e. The molecule has 0 amide bonds. The molecule has 0 aliphatic rings. The second-order valence-corrected chi connectivity index (χ2v) is 4.95. The maximum absolute atomic E-state index is 10.2. The second kappa shape index (κ2) is 20.2. The Labute approximate surface area is 188 Å². The van der Waals surface area contributed by atoms with Crippen LogP contribution < -0.4 is 27.8 Å². The molecule has 1 aromatic rings. The zero-order valence-electron chi connectivity index (χ0n) is 16.1. The zero-order chi connectivity index (χ0) is 21.4. The monoisotopic (exact) mass is 524 g/mol. The number of aromatic amines is 1. The third-order valence-corrected chi connectivity index (χ3v) is 2.94. The molecule has 1 radical (unpaired) electrons. The molecule has 0 unspecified atom stereocenters. The Morgan fingerprint density at radius 1 is 1.03 bits per heavy atom. The minimum absolute atomic E-state index is 0. The number of carbonyl (C=O) groups excluding carboxylic acids is 1. The molecule has 29 heavy (non-hydrogen) atoms. The quantitative estimate of drug-likeness (QED) is 0.128. The van der Waals surface area contributed by atoms with Gasteiger partial charge in [-0.1, -0.05) is 20.6 Å². The van der Waals surface area contributed by atoms with Crippen LogP contribution in [-0.2, 0) is 28.0 Å². The first-order valence-electron chi connectivity index (χ1n) is 7.33. The predicted molar refractivity (Wildman–Crippen MR) is 94.9 cm³/mol. The first-order valence-corrected chi connectivity index (χ1v) is 7.33. The van der Waals surface area contributed by atoms with Gasteiger partial charge in [0.25, 0.3) is 0 Å². The molecule has 0 spiro atoms. The Morgan fingerprint density at radius 2 is 1.38 bits per heavy atom. The number of hydrogen-bond acceptors (Lipinski definition) is 12. The molecule has 0 aliphatic carbocycles. The van der Waals surface area contributed by atoms with Gasteiger partial charge >= 0.3 is 16.8 Å². The number of aliphatic carboxylic acids is 1. The first kappa shape index (κ1) is 34.0. The Morgan fingerprint density at radius 3 is 1.59 bits per heavy atom. The molecular formula is C14H24BrCoN7O6. The molecule has 0 aliphatic heterocycles. The maximum atomic E-state index is 10.2. The zero-order valence-corrected chi connectivity index (χ0v) is 18.7. The number of nitrogens with two attached hydrogens (primary N) is 1. The van der Waals surface area contributed by atoms with Gasteiger partial charge in [0.05, 0.1) is 12.3 Å². The molecule has 1 heterocycles. The van der Waals surface area contributed by atoms with Crippen LogP contribution in [0, 0.1) is 0 Å². The molecule has 13 nitrogen and oxygen atoms in total. The molecule has 0 saturated carbocycles. The van der Waals surface area contributed by atoms with Crippen LogP contribution in [0.1, 0.15) is 33.4 Å². The van der Waals surface area contributed by atoms with Crippen molar-refractivity contribution in [2.45, 2.75) is 40.2 Å². The van der Waals surface area contributed by atoms with E-state index in [1.165, 1.54) is 40.2 Å². The molecule has 1 rings (SSSR count). The molecule has 1 aromatic heterocycles. The van der Waals surface area contributed by atoms with Crippen LogP contribution in [0.3, 0.4) is 0 Å². The molecule has 0 bridgehead atoms. The van der Waals surface area contributed by atoms with Gasteiger partial charge in [-0.25, -0.2) is 4.98 Å². The summed E-state index contributed by atoms with van der Waals surface area (Å²) < 4.78 is 0. The van der Waals surface area contributed by atoms with Gasteiger partial charge in [0.1, 0.15) is 22.8 Å². The van der Waals surface area contributed by atoms with Gasteiger partial charge in [-0.3, -0.25) is 0 Å². The van der Waals surface area contributed by atoms with Crippen molar-refractivity contribution in [1.82, 2.24) is 9.97 Å². The Bertz CT molecular complexity index is 616. The van der Waals surface area contributed by atoms with Crippen molar-refractivity contribution in [3.8, 4) is 0 Å². The van der Waals surface area contributed by atoms with Gasteiger partial charge in [0, 0.05) is 24.4 Å². The summed E-state index contributed by atoms with van der Waals surface area (Å²) in [7, 11) is 0. The number of nitrogens with one attached hydrogen (secondary N) is 1. The fourth-order valence-electron chi connectivity index (χ4n) is 1.01. The molecule has 0 fully saturated rings. The van der Waals surface area contributed by atoms with E-state index in [0.717, 1.165) is 0 Å². The number of carboxylic acids is 1. The second-order valence-electron chi connectivity index (χ2n) is 4.95. The van der Waals surface area contributed by atoms with Gasteiger partial charge < -0.3 is 58.4 Å². The van der Waals surface area contributed by atoms with Crippen LogP contribution in [0.15, 0.2) is 33.1 Å². The standard InChI is InChI=1S/C6H9N3O2.2C4H8N2O2.BrH.Co/c7-5(6(10)11)1-4-2-8-3-9-4;2*1-3(5-7)4(2)6-8;;/h2-3,5H,1,7H2,(H,8,9)(H,10,11);2*7-8H,1-2H3;1H;/q;;;;+2/p-2/b;2*5-3+,6-4+;;/t5-;;;;/m0..../s1. The number of carbonyl (C=O) groups is 1. The summed E-state index contributed by atoms with van der Waals surface area (Å²) in [4.78, 5) is 16.6. The SMILES string of the molecule is CC(=N\O)/C(C)=N/O.CC(=N\O)/C(C)=N/O.N[C@@H](Cc1cnc[nH]1)C(=O)[O-].[Br-].[Co+2]. The van der Waals surface area contributed by atoms with Crippen LogP contribution in [0.25, 0.3) is 0 Å². The fourth-order valence-corrected chi connectivity index (χ4v) is 1.01. The van der Waals surface area contributed by atoms with Crippen molar-refractivity contribution in [2.75, 3.05) is 0 Å². The van der Waals surface area contributed by atoms with E-state index in [2.05, 4.69) is 30.6 Å². The van der Waals surface area contributed by atoms with E-state index < -0.39 is 12.0 Å². The van der Waals surface area contributed by atoms with Crippen molar-refractivity contribution in [1.29, 1.82) is 0 Å². The van der Waals surface area contributed by atoms with E-state index in [4.69, 9.17) is 26.6 Å². The van der Waals surface area contributed by atoms with Crippen molar-refractivity contribution in [3.05, 3.63) is 18.2 Å². The van der Waals surface area contributed by atoms with Crippen LogP contribution in [0.2, 0.25) is 0 Å². The number of halogens is 1. The normalized spacial score (nSPS) is 12.7. The third kappa shape index (κ3) is 17.3. The molecule has 15 heteroatoms. The summed E-state index contributed by atoms with van der Waals surface area (Å²) in [5.41, 5.74) is 7.14. The first-order chi connectivity index (χ1) is 12.6. The van der Waals surface area contributed by atoms with E-state index in [1.54, 1.807) is 0 Å². The smallest absolute Gasteiger partial charge is 1.00 e. The van der Waals surface area contributed by atoms with Gasteiger partial charge in [-0.05, 0) is 27.7 Å². The van der Waals surface area contributed by atoms with E-state index in [0.29, 0.717) is 28.5 Å². The number of hydrogen-bond donors (Lipinski definition) is 6. The number of oxime groups is 4. The number of carboxylic acid groups (broad SMARTS) is 1. The van der Waals surface area contributed by atoms with Crippen LogP contribution in [0.4, 0.5) is 0 Å². The largest absolute Gasteiger partial charge is 2.00 e. The molecule has 7 N–H and O–H groups in total. The number of nitrogens with zero attached hydrogens (tertiary/aromatic N) is 5. The number of rotatable bonds is 5. The molecular weight excluding hydrogens is 501 g/mol. The number of aromatic nitrogens is 2. The van der Waals surface area contributed by atoms with Gasteiger partial charge in [-0.15, -0.1) is 0 Å². The van der Waals surface area contributed by atoms with E-state index in [9.17, 15) is 9.90 Å². The summed E-state index contributed by atoms with van der Waals surface area (Å²) in [5.74, 6) is -1.25. The Kier molecular flexibility index (Phi) is 23.8.